The minimum absolute atomic E-state index is 0.895. The Morgan fingerprint density at radius 3 is 3.00 bits per heavy atom. The topological polar surface area (TPSA) is 15.6 Å². The molecular formula is C12H14N2. The summed E-state index contributed by atoms with van der Waals surface area (Å²) in [6.07, 6.45) is 2.79. The Labute approximate surface area is 84.6 Å². The third-order valence-corrected chi connectivity index (χ3v) is 2.45. The van der Waals surface area contributed by atoms with E-state index in [0.29, 0.717) is 0 Å². The molecule has 0 radical (unpaired) electrons. The van der Waals surface area contributed by atoms with Gasteiger partial charge in [-0.25, -0.2) is 4.99 Å². The molecule has 1 heterocycles. The summed E-state index contributed by atoms with van der Waals surface area (Å²) < 4.78 is 0. The second-order valence-corrected chi connectivity index (χ2v) is 3.32. The standard InChI is InChI=1S/C12H14N2/c1-3-12-13-11-8-6-5-7-10(11)9-14(12)4-2/h4-8H,2-3,9H2,1H3. The SMILES string of the molecule is C=CN1Cc2ccccc2N=C1CC. The Morgan fingerprint density at radius 1 is 1.50 bits per heavy atom. The molecule has 0 saturated carbocycles. The van der Waals surface area contributed by atoms with Gasteiger partial charge in [0.2, 0.25) is 0 Å². The van der Waals surface area contributed by atoms with Gasteiger partial charge in [0.15, 0.2) is 0 Å². The molecule has 1 aliphatic heterocycles. The van der Waals surface area contributed by atoms with E-state index in [9.17, 15) is 0 Å². The van der Waals surface area contributed by atoms with Crippen molar-refractivity contribution >= 4 is 11.5 Å². The molecule has 0 bridgehead atoms. The molecule has 1 aromatic rings. The molecule has 0 amide bonds. The van der Waals surface area contributed by atoms with Gasteiger partial charge in [-0.3, -0.25) is 0 Å². The summed E-state index contributed by atoms with van der Waals surface area (Å²) in [5.41, 5.74) is 2.37. The lowest BCUT2D eigenvalue weighted by atomic mass is 10.1. The molecule has 0 unspecified atom stereocenters. The Bertz CT molecular complexity index is 380. The minimum Gasteiger partial charge on any atom is -0.333 e. The molecule has 72 valence electrons. The maximum absolute atomic E-state index is 4.59. The smallest absolute Gasteiger partial charge is 0.109 e. The summed E-state index contributed by atoms with van der Waals surface area (Å²) in [5, 5.41) is 0. The van der Waals surface area contributed by atoms with Crippen molar-refractivity contribution in [2.45, 2.75) is 19.9 Å². The van der Waals surface area contributed by atoms with E-state index in [-0.39, 0.29) is 0 Å². The lowest BCUT2D eigenvalue weighted by Gasteiger charge is -2.26. The first-order valence-corrected chi connectivity index (χ1v) is 4.90. The molecule has 1 aromatic carbocycles. The molecule has 14 heavy (non-hydrogen) atoms. The van der Waals surface area contributed by atoms with Gasteiger partial charge in [-0.05, 0) is 17.8 Å². The van der Waals surface area contributed by atoms with Gasteiger partial charge in [0.05, 0.1) is 12.2 Å². The monoisotopic (exact) mass is 186 g/mol. The maximum Gasteiger partial charge on any atom is 0.109 e. The van der Waals surface area contributed by atoms with E-state index in [1.807, 2.05) is 18.3 Å². The molecule has 0 aliphatic carbocycles. The van der Waals surface area contributed by atoms with Gasteiger partial charge in [-0.15, -0.1) is 0 Å². The number of amidine groups is 1. The van der Waals surface area contributed by atoms with Crippen molar-refractivity contribution in [2.24, 2.45) is 4.99 Å². The van der Waals surface area contributed by atoms with E-state index in [2.05, 4.69) is 35.5 Å². The van der Waals surface area contributed by atoms with Crippen LogP contribution in [0, 0.1) is 0 Å². The fourth-order valence-corrected chi connectivity index (χ4v) is 1.68. The predicted molar refractivity (Wildman–Crippen MR) is 59.6 cm³/mol. The average Bonchev–Trinajstić information content (AvgIpc) is 2.27. The zero-order valence-electron chi connectivity index (χ0n) is 8.40. The average molecular weight is 186 g/mol. The van der Waals surface area contributed by atoms with Crippen LogP contribution >= 0.6 is 0 Å². The summed E-state index contributed by atoms with van der Waals surface area (Å²) >= 11 is 0. The lowest BCUT2D eigenvalue weighted by molar-refractivity contribution is 0.534. The Kier molecular flexibility index (Phi) is 2.35. The first-order valence-electron chi connectivity index (χ1n) is 4.90. The van der Waals surface area contributed by atoms with Gasteiger partial charge in [-0.1, -0.05) is 31.7 Å². The Morgan fingerprint density at radius 2 is 2.29 bits per heavy atom. The molecule has 0 N–H and O–H groups in total. The highest BCUT2D eigenvalue weighted by molar-refractivity contribution is 5.87. The molecule has 2 heteroatoms. The second-order valence-electron chi connectivity index (χ2n) is 3.32. The van der Waals surface area contributed by atoms with E-state index in [1.165, 1.54) is 5.56 Å². The normalized spacial score (nSPS) is 14.6. The van der Waals surface area contributed by atoms with Gasteiger partial charge >= 0.3 is 0 Å². The van der Waals surface area contributed by atoms with Crippen molar-refractivity contribution in [1.82, 2.24) is 4.90 Å². The molecule has 0 saturated heterocycles. The van der Waals surface area contributed by atoms with Gasteiger partial charge in [0.25, 0.3) is 0 Å². The van der Waals surface area contributed by atoms with Gasteiger partial charge in [0, 0.05) is 6.42 Å². The Hall–Kier alpha value is -1.57. The molecule has 1 aliphatic rings. The largest absolute Gasteiger partial charge is 0.333 e. The number of benzene rings is 1. The zero-order chi connectivity index (χ0) is 9.97. The number of rotatable bonds is 2. The lowest BCUT2D eigenvalue weighted by Crippen LogP contribution is -2.26. The van der Waals surface area contributed by atoms with Crippen LogP contribution in [0.5, 0.6) is 0 Å². The van der Waals surface area contributed by atoms with Gasteiger partial charge < -0.3 is 4.90 Å². The molecule has 2 nitrogen and oxygen atoms in total. The number of hydrogen-bond acceptors (Lipinski definition) is 2. The first kappa shape index (κ1) is 9.00. The number of nitrogens with zero attached hydrogens (tertiary/aromatic N) is 2. The second kappa shape index (κ2) is 3.66. The molecule has 0 spiro atoms. The summed E-state index contributed by atoms with van der Waals surface area (Å²) in [6.45, 7) is 6.81. The Balaban J connectivity index is 2.44. The van der Waals surface area contributed by atoms with Crippen LogP contribution in [0.25, 0.3) is 0 Å². The number of hydrogen-bond donors (Lipinski definition) is 0. The third kappa shape index (κ3) is 1.43. The van der Waals surface area contributed by atoms with Gasteiger partial charge in [0.1, 0.15) is 5.84 Å². The third-order valence-electron chi connectivity index (χ3n) is 2.45. The minimum atomic E-state index is 0.895. The van der Waals surface area contributed by atoms with Crippen LogP contribution in [0.4, 0.5) is 5.69 Å². The molecule has 0 aromatic heterocycles. The number of para-hydroxylation sites is 1. The van der Waals surface area contributed by atoms with Crippen molar-refractivity contribution < 1.29 is 0 Å². The first-order chi connectivity index (χ1) is 6.85. The zero-order valence-corrected chi connectivity index (χ0v) is 8.40. The molecule has 2 rings (SSSR count). The quantitative estimate of drug-likeness (QED) is 0.693. The summed E-state index contributed by atoms with van der Waals surface area (Å²) in [7, 11) is 0. The van der Waals surface area contributed by atoms with Crippen LogP contribution in [0.15, 0.2) is 42.0 Å². The van der Waals surface area contributed by atoms with Crippen LogP contribution in [0.2, 0.25) is 0 Å². The summed E-state index contributed by atoms with van der Waals surface area (Å²) in [4.78, 5) is 6.69. The van der Waals surface area contributed by atoms with E-state index in [1.54, 1.807) is 0 Å². The van der Waals surface area contributed by atoms with Crippen LogP contribution in [-0.2, 0) is 6.54 Å². The fraction of sp³-hybridized carbons (Fsp3) is 0.250. The number of fused-ring (bicyclic) bond motifs is 1. The number of aliphatic imine (C=N–C) groups is 1. The van der Waals surface area contributed by atoms with Crippen molar-refractivity contribution in [2.75, 3.05) is 0 Å². The van der Waals surface area contributed by atoms with Crippen LogP contribution < -0.4 is 0 Å². The van der Waals surface area contributed by atoms with Crippen molar-refractivity contribution in [1.29, 1.82) is 0 Å². The van der Waals surface area contributed by atoms with Crippen LogP contribution in [-0.4, -0.2) is 10.7 Å². The van der Waals surface area contributed by atoms with E-state index in [4.69, 9.17) is 0 Å². The molecule has 0 fully saturated rings. The molecule has 0 atom stereocenters. The van der Waals surface area contributed by atoms with Crippen molar-refractivity contribution in [3.63, 3.8) is 0 Å². The summed E-state index contributed by atoms with van der Waals surface area (Å²) in [5.74, 6) is 1.10. The highest BCUT2D eigenvalue weighted by Crippen LogP contribution is 2.26. The van der Waals surface area contributed by atoms with Crippen LogP contribution in [0.1, 0.15) is 18.9 Å². The van der Waals surface area contributed by atoms with Crippen molar-refractivity contribution in [3.05, 3.63) is 42.6 Å². The van der Waals surface area contributed by atoms with E-state index in [0.717, 1.165) is 24.5 Å². The fourth-order valence-electron chi connectivity index (χ4n) is 1.68. The maximum atomic E-state index is 4.59. The van der Waals surface area contributed by atoms with Crippen molar-refractivity contribution in [3.8, 4) is 0 Å². The highest BCUT2D eigenvalue weighted by Gasteiger charge is 2.14. The molecular weight excluding hydrogens is 172 g/mol. The van der Waals surface area contributed by atoms with E-state index >= 15 is 0 Å². The van der Waals surface area contributed by atoms with Gasteiger partial charge in [-0.2, -0.15) is 0 Å². The van der Waals surface area contributed by atoms with E-state index < -0.39 is 0 Å². The predicted octanol–water partition coefficient (Wildman–Crippen LogP) is 3.09. The van der Waals surface area contributed by atoms with Crippen LogP contribution in [0.3, 0.4) is 0 Å². The highest BCUT2D eigenvalue weighted by atomic mass is 15.2. The summed E-state index contributed by atoms with van der Waals surface area (Å²) in [6, 6.07) is 8.25.